The van der Waals surface area contributed by atoms with Gasteiger partial charge in [-0.2, -0.15) is 0 Å². The zero-order valence-corrected chi connectivity index (χ0v) is 18.1. The van der Waals surface area contributed by atoms with Crippen molar-refractivity contribution in [2.45, 2.75) is 50.1 Å². The molecule has 1 aromatic carbocycles. The number of rotatable bonds is 7. The minimum absolute atomic E-state index is 0.0255. The molecule has 0 bridgehead atoms. The van der Waals surface area contributed by atoms with E-state index in [1.807, 2.05) is 29.8 Å². The predicted octanol–water partition coefficient (Wildman–Crippen LogP) is 2.73. The largest absolute Gasteiger partial charge is 0.348 e. The van der Waals surface area contributed by atoms with Crippen LogP contribution in [0.3, 0.4) is 0 Å². The highest BCUT2D eigenvalue weighted by Gasteiger charge is 2.23. The molecule has 1 aliphatic carbocycles. The number of nitrogens with one attached hydrogen (secondary N) is 2. The molecule has 0 atom stereocenters. The maximum Gasteiger partial charge on any atom is 0.251 e. The Bertz CT molecular complexity index is 1180. The van der Waals surface area contributed by atoms with E-state index in [4.69, 9.17) is 0 Å². The maximum atomic E-state index is 12.7. The highest BCUT2D eigenvalue weighted by atomic mass is 32.2. The number of carbonyl (C=O) groups is 1. The Morgan fingerprint density at radius 1 is 1.13 bits per heavy atom. The maximum absolute atomic E-state index is 12.7. The minimum atomic E-state index is -3.65. The van der Waals surface area contributed by atoms with Crippen LogP contribution in [0.4, 0.5) is 0 Å². The van der Waals surface area contributed by atoms with Gasteiger partial charge in [-0.3, -0.25) is 9.36 Å². The van der Waals surface area contributed by atoms with Crippen LogP contribution in [0, 0.1) is 6.92 Å². The van der Waals surface area contributed by atoms with E-state index in [2.05, 4.69) is 20.0 Å². The lowest BCUT2D eigenvalue weighted by Crippen LogP contribution is -2.32. The van der Waals surface area contributed by atoms with Crippen LogP contribution in [0.15, 0.2) is 59.9 Å². The van der Waals surface area contributed by atoms with Gasteiger partial charge in [0.1, 0.15) is 11.6 Å². The first-order valence-electron chi connectivity index (χ1n) is 10.3. The molecule has 9 heteroatoms. The number of carbonyl (C=O) groups excluding carboxylic acids is 1. The van der Waals surface area contributed by atoms with Crippen LogP contribution >= 0.6 is 0 Å². The molecular weight excluding hydrogens is 414 g/mol. The van der Waals surface area contributed by atoms with Crippen LogP contribution in [-0.4, -0.2) is 34.9 Å². The molecule has 2 aromatic heterocycles. The summed E-state index contributed by atoms with van der Waals surface area (Å²) in [6.07, 6.45) is 8.98. The van der Waals surface area contributed by atoms with E-state index in [-0.39, 0.29) is 16.8 Å². The number of hydrogen-bond donors (Lipinski definition) is 2. The van der Waals surface area contributed by atoms with Gasteiger partial charge in [0, 0.05) is 36.7 Å². The van der Waals surface area contributed by atoms with E-state index in [9.17, 15) is 13.2 Å². The third-order valence-electron chi connectivity index (χ3n) is 5.42. The van der Waals surface area contributed by atoms with Gasteiger partial charge in [-0.15, -0.1) is 0 Å². The van der Waals surface area contributed by atoms with Crippen LogP contribution in [-0.2, 0) is 16.6 Å². The molecule has 1 saturated carbocycles. The Labute approximate surface area is 181 Å². The predicted molar refractivity (Wildman–Crippen MR) is 116 cm³/mol. The van der Waals surface area contributed by atoms with E-state index >= 15 is 0 Å². The number of imidazole rings is 1. The number of amides is 1. The Hall–Kier alpha value is -3.04. The Kier molecular flexibility index (Phi) is 6.15. The number of aromatic nitrogens is 3. The second kappa shape index (κ2) is 8.99. The summed E-state index contributed by atoms with van der Waals surface area (Å²) in [5, 5.41) is 2.85. The second-order valence-corrected chi connectivity index (χ2v) is 9.39. The standard InChI is InChI=1S/C22H25N5O3S/c1-16-23-11-12-27(16)21-13-17(9-10-24-21)15-25-22(28)18-5-4-8-20(14-18)31(29,30)26-19-6-2-3-7-19/h4-5,8-14,19,26H,2-3,6-7,15H2,1H3,(H,25,28). The van der Waals surface area contributed by atoms with Gasteiger partial charge in [-0.25, -0.2) is 23.1 Å². The molecule has 0 unspecified atom stereocenters. The molecule has 0 aliphatic heterocycles. The zero-order valence-electron chi connectivity index (χ0n) is 17.3. The first-order chi connectivity index (χ1) is 14.9. The average molecular weight is 440 g/mol. The van der Waals surface area contributed by atoms with Crippen molar-refractivity contribution < 1.29 is 13.2 Å². The first-order valence-corrected chi connectivity index (χ1v) is 11.8. The van der Waals surface area contributed by atoms with Crippen molar-refractivity contribution in [3.8, 4) is 5.82 Å². The molecular formula is C22H25N5O3S. The van der Waals surface area contributed by atoms with Crippen LogP contribution in [0.2, 0.25) is 0 Å². The summed E-state index contributed by atoms with van der Waals surface area (Å²) in [4.78, 5) is 21.3. The molecule has 31 heavy (non-hydrogen) atoms. The van der Waals surface area contributed by atoms with Crippen molar-refractivity contribution in [1.29, 1.82) is 0 Å². The quantitative estimate of drug-likeness (QED) is 0.589. The molecule has 2 N–H and O–H groups in total. The molecule has 3 aromatic rings. The summed E-state index contributed by atoms with van der Waals surface area (Å²) >= 11 is 0. The fourth-order valence-corrected chi connectivity index (χ4v) is 5.09. The van der Waals surface area contributed by atoms with Crippen LogP contribution in [0.25, 0.3) is 5.82 Å². The highest BCUT2D eigenvalue weighted by molar-refractivity contribution is 7.89. The first kappa shape index (κ1) is 21.2. The van der Waals surface area contributed by atoms with Gasteiger partial charge in [0.05, 0.1) is 4.90 Å². The van der Waals surface area contributed by atoms with Gasteiger partial charge < -0.3 is 5.32 Å². The molecule has 1 aliphatic rings. The highest BCUT2D eigenvalue weighted by Crippen LogP contribution is 2.21. The molecule has 0 radical (unpaired) electrons. The van der Waals surface area contributed by atoms with Crippen molar-refractivity contribution in [2.75, 3.05) is 0 Å². The molecule has 1 amide bonds. The van der Waals surface area contributed by atoms with Crippen molar-refractivity contribution in [2.24, 2.45) is 0 Å². The third kappa shape index (κ3) is 5.00. The fourth-order valence-electron chi connectivity index (χ4n) is 3.74. The Morgan fingerprint density at radius 3 is 2.68 bits per heavy atom. The van der Waals surface area contributed by atoms with Crippen molar-refractivity contribution in [3.05, 3.63) is 71.9 Å². The van der Waals surface area contributed by atoms with Gasteiger partial charge in [0.2, 0.25) is 10.0 Å². The fraction of sp³-hybridized carbons (Fsp3) is 0.318. The van der Waals surface area contributed by atoms with E-state index in [0.717, 1.165) is 37.1 Å². The molecule has 8 nitrogen and oxygen atoms in total. The monoisotopic (exact) mass is 439 g/mol. The lowest BCUT2D eigenvalue weighted by Gasteiger charge is -2.13. The minimum Gasteiger partial charge on any atom is -0.348 e. The van der Waals surface area contributed by atoms with E-state index < -0.39 is 10.0 Å². The lowest BCUT2D eigenvalue weighted by molar-refractivity contribution is 0.0950. The van der Waals surface area contributed by atoms with Crippen molar-refractivity contribution >= 4 is 15.9 Å². The summed E-state index contributed by atoms with van der Waals surface area (Å²) < 4.78 is 29.9. The molecule has 0 saturated heterocycles. The smallest absolute Gasteiger partial charge is 0.251 e. The SMILES string of the molecule is Cc1nccn1-c1cc(CNC(=O)c2cccc(S(=O)(=O)NC3CCCC3)c2)ccn1. The van der Waals surface area contributed by atoms with Gasteiger partial charge >= 0.3 is 0 Å². The molecule has 4 rings (SSSR count). The van der Waals surface area contributed by atoms with E-state index in [0.29, 0.717) is 17.9 Å². The lowest BCUT2D eigenvalue weighted by atomic mass is 10.2. The zero-order chi connectivity index (χ0) is 21.8. The van der Waals surface area contributed by atoms with Gasteiger partial charge in [-0.05, 0) is 55.7 Å². The average Bonchev–Trinajstić information content (AvgIpc) is 3.43. The van der Waals surface area contributed by atoms with Crippen molar-refractivity contribution in [1.82, 2.24) is 24.6 Å². The summed E-state index contributed by atoms with van der Waals surface area (Å²) in [5.74, 6) is 1.20. The van der Waals surface area contributed by atoms with Crippen LogP contribution in [0.1, 0.15) is 47.4 Å². The number of nitrogens with zero attached hydrogens (tertiary/aromatic N) is 3. The number of sulfonamides is 1. The molecule has 2 heterocycles. The number of hydrogen-bond acceptors (Lipinski definition) is 5. The summed E-state index contributed by atoms with van der Waals surface area (Å²) in [5.41, 5.74) is 1.17. The summed E-state index contributed by atoms with van der Waals surface area (Å²) in [6, 6.07) is 9.80. The number of aryl methyl sites for hydroxylation is 1. The Morgan fingerprint density at radius 2 is 1.94 bits per heavy atom. The van der Waals surface area contributed by atoms with Gasteiger partial charge in [-0.1, -0.05) is 18.9 Å². The van der Waals surface area contributed by atoms with Gasteiger partial charge in [0.15, 0.2) is 0 Å². The summed E-state index contributed by atoms with van der Waals surface area (Å²) in [7, 11) is -3.65. The number of benzene rings is 1. The van der Waals surface area contributed by atoms with Crippen molar-refractivity contribution in [3.63, 3.8) is 0 Å². The normalized spacial score (nSPS) is 14.6. The number of pyridine rings is 1. The van der Waals surface area contributed by atoms with Gasteiger partial charge in [0.25, 0.3) is 5.91 Å². The topological polar surface area (TPSA) is 106 Å². The molecule has 162 valence electrons. The van der Waals surface area contributed by atoms with E-state index in [1.54, 1.807) is 24.5 Å². The molecule has 0 spiro atoms. The van der Waals surface area contributed by atoms with E-state index in [1.165, 1.54) is 12.1 Å². The Balaban J connectivity index is 1.44. The van der Waals surface area contributed by atoms with Crippen LogP contribution < -0.4 is 10.0 Å². The second-order valence-electron chi connectivity index (χ2n) is 7.68. The van der Waals surface area contributed by atoms with Crippen LogP contribution in [0.5, 0.6) is 0 Å². The molecule has 1 fully saturated rings. The summed E-state index contributed by atoms with van der Waals surface area (Å²) in [6.45, 7) is 2.18. The third-order valence-corrected chi connectivity index (χ3v) is 6.94.